The summed E-state index contributed by atoms with van der Waals surface area (Å²) in [4.78, 5) is 17.3. The Hall–Kier alpha value is -4.06. The fourth-order valence-electron chi connectivity index (χ4n) is 3.30. The normalized spacial score (nSPS) is 10.6. The number of nitrogens with zero attached hydrogens (tertiary/aromatic N) is 1. The Morgan fingerprint density at radius 3 is 2.45 bits per heavy atom. The van der Waals surface area contributed by atoms with Crippen LogP contribution in [-0.4, -0.2) is 30.1 Å². The van der Waals surface area contributed by atoms with Crippen LogP contribution in [0.4, 0.5) is 0 Å². The van der Waals surface area contributed by atoms with Crippen LogP contribution in [0.3, 0.4) is 0 Å². The lowest BCUT2D eigenvalue weighted by molar-refractivity contribution is 0.103. The Balaban J connectivity index is 1.67. The standard InChI is InChI=1S/C25H21NO5/c1-29-20-8-6-16(7-9-20)15-31-23-13-17-10-11-26-24(21(17)14-22(23)30-2)25(28)18-4-3-5-19(27)12-18/h3-14,27H,15H2,1-2H3. The number of phenolic OH excluding ortho intramolecular Hbond substituents is 1. The van der Waals surface area contributed by atoms with Crippen LogP contribution in [0, 0.1) is 0 Å². The van der Waals surface area contributed by atoms with E-state index in [0.29, 0.717) is 29.1 Å². The Labute approximate surface area is 179 Å². The molecule has 4 rings (SSSR count). The summed E-state index contributed by atoms with van der Waals surface area (Å²) >= 11 is 0. The monoisotopic (exact) mass is 415 g/mol. The van der Waals surface area contributed by atoms with Crippen molar-refractivity contribution in [2.45, 2.75) is 6.61 Å². The number of methoxy groups -OCH3 is 2. The molecule has 0 unspecified atom stereocenters. The Morgan fingerprint density at radius 1 is 0.935 bits per heavy atom. The molecule has 6 heteroatoms. The maximum atomic E-state index is 13.0. The van der Waals surface area contributed by atoms with Gasteiger partial charge in [-0.05, 0) is 53.4 Å². The van der Waals surface area contributed by atoms with E-state index in [1.54, 1.807) is 38.6 Å². The molecule has 0 aliphatic rings. The van der Waals surface area contributed by atoms with Crippen LogP contribution in [0.5, 0.6) is 23.0 Å². The smallest absolute Gasteiger partial charge is 0.212 e. The molecule has 1 aromatic heterocycles. The van der Waals surface area contributed by atoms with Crippen LogP contribution >= 0.6 is 0 Å². The number of benzene rings is 3. The van der Waals surface area contributed by atoms with Crippen LogP contribution in [0.15, 0.2) is 72.9 Å². The van der Waals surface area contributed by atoms with Crippen LogP contribution in [0.1, 0.15) is 21.6 Å². The predicted octanol–water partition coefficient (Wildman–Crippen LogP) is 4.77. The Kier molecular flexibility index (Phi) is 5.71. The highest BCUT2D eigenvalue weighted by atomic mass is 16.5. The number of rotatable bonds is 7. The largest absolute Gasteiger partial charge is 0.508 e. The summed E-state index contributed by atoms with van der Waals surface area (Å²) in [6.45, 7) is 0.353. The van der Waals surface area contributed by atoms with Gasteiger partial charge in [0.25, 0.3) is 0 Å². The van der Waals surface area contributed by atoms with Gasteiger partial charge in [-0.25, -0.2) is 0 Å². The summed E-state index contributed by atoms with van der Waals surface area (Å²) in [5.41, 5.74) is 1.62. The lowest BCUT2D eigenvalue weighted by Gasteiger charge is -2.14. The molecule has 31 heavy (non-hydrogen) atoms. The topological polar surface area (TPSA) is 77.9 Å². The number of carbonyl (C=O) groups excluding carboxylic acids is 1. The molecule has 0 aliphatic carbocycles. The summed E-state index contributed by atoms with van der Waals surface area (Å²) in [5.74, 6) is 1.59. The van der Waals surface area contributed by atoms with Gasteiger partial charge in [-0.2, -0.15) is 0 Å². The fourth-order valence-corrected chi connectivity index (χ4v) is 3.30. The van der Waals surface area contributed by atoms with Crippen molar-refractivity contribution in [1.82, 2.24) is 4.98 Å². The van der Waals surface area contributed by atoms with Crippen molar-refractivity contribution in [3.8, 4) is 23.0 Å². The first kappa shape index (κ1) is 20.2. The summed E-state index contributed by atoms with van der Waals surface area (Å²) in [6.07, 6.45) is 1.58. The van der Waals surface area contributed by atoms with E-state index in [0.717, 1.165) is 16.7 Å². The second-order valence-electron chi connectivity index (χ2n) is 6.90. The number of hydrogen-bond donors (Lipinski definition) is 1. The zero-order valence-electron chi connectivity index (χ0n) is 17.2. The average Bonchev–Trinajstić information content (AvgIpc) is 2.81. The van der Waals surface area contributed by atoms with E-state index in [1.165, 1.54) is 12.1 Å². The first-order valence-corrected chi connectivity index (χ1v) is 9.65. The van der Waals surface area contributed by atoms with E-state index in [1.807, 2.05) is 36.4 Å². The van der Waals surface area contributed by atoms with E-state index >= 15 is 0 Å². The molecule has 0 saturated heterocycles. The van der Waals surface area contributed by atoms with Crippen molar-refractivity contribution in [2.24, 2.45) is 0 Å². The molecule has 0 radical (unpaired) electrons. The molecular formula is C25H21NO5. The molecule has 1 heterocycles. The van der Waals surface area contributed by atoms with Gasteiger partial charge in [-0.1, -0.05) is 24.3 Å². The second-order valence-corrected chi connectivity index (χ2v) is 6.90. The minimum Gasteiger partial charge on any atom is -0.508 e. The van der Waals surface area contributed by atoms with Crippen LogP contribution in [-0.2, 0) is 6.61 Å². The molecule has 0 atom stereocenters. The Morgan fingerprint density at radius 2 is 1.74 bits per heavy atom. The van der Waals surface area contributed by atoms with E-state index < -0.39 is 0 Å². The van der Waals surface area contributed by atoms with Crippen molar-refractivity contribution in [3.63, 3.8) is 0 Å². The van der Waals surface area contributed by atoms with E-state index in [-0.39, 0.29) is 17.2 Å². The van der Waals surface area contributed by atoms with Gasteiger partial charge in [-0.15, -0.1) is 0 Å². The highest BCUT2D eigenvalue weighted by Gasteiger charge is 2.17. The highest BCUT2D eigenvalue weighted by molar-refractivity contribution is 6.15. The molecule has 0 aliphatic heterocycles. The molecule has 0 saturated carbocycles. The van der Waals surface area contributed by atoms with Crippen molar-refractivity contribution < 1.29 is 24.1 Å². The minimum absolute atomic E-state index is 0.0258. The number of aromatic hydroxyl groups is 1. The maximum Gasteiger partial charge on any atom is 0.212 e. The van der Waals surface area contributed by atoms with Crippen molar-refractivity contribution in [1.29, 1.82) is 0 Å². The lowest BCUT2D eigenvalue weighted by Crippen LogP contribution is -2.05. The zero-order valence-corrected chi connectivity index (χ0v) is 17.2. The van der Waals surface area contributed by atoms with E-state index in [2.05, 4.69) is 4.98 Å². The molecule has 0 amide bonds. The summed E-state index contributed by atoms with van der Waals surface area (Å²) in [6, 6.07) is 19.2. The first-order chi connectivity index (χ1) is 15.1. The third kappa shape index (κ3) is 4.28. The quantitative estimate of drug-likeness (QED) is 0.438. The number of fused-ring (bicyclic) bond motifs is 1. The number of ether oxygens (including phenoxy) is 3. The summed E-state index contributed by atoms with van der Waals surface area (Å²) in [5, 5.41) is 11.1. The van der Waals surface area contributed by atoms with Crippen LogP contribution < -0.4 is 14.2 Å². The average molecular weight is 415 g/mol. The van der Waals surface area contributed by atoms with Crippen molar-refractivity contribution >= 4 is 16.6 Å². The predicted molar refractivity (Wildman–Crippen MR) is 117 cm³/mol. The number of hydrogen-bond acceptors (Lipinski definition) is 6. The van der Waals surface area contributed by atoms with Gasteiger partial charge < -0.3 is 19.3 Å². The van der Waals surface area contributed by atoms with Gasteiger partial charge in [0.1, 0.15) is 23.8 Å². The minimum atomic E-state index is -0.282. The third-order valence-corrected chi connectivity index (χ3v) is 4.93. The summed E-state index contributed by atoms with van der Waals surface area (Å²) in [7, 11) is 3.17. The maximum absolute atomic E-state index is 13.0. The number of phenols is 1. The van der Waals surface area contributed by atoms with Gasteiger partial charge in [0.15, 0.2) is 11.5 Å². The van der Waals surface area contributed by atoms with Gasteiger partial charge in [-0.3, -0.25) is 9.78 Å². The summed E-state index contributed by atoms with van der Waals surface area (Å²) < 4.78 is 16.7. The van der Waals surface area contributed by atoms with Crippen LogP contribution in [0.2, 0.25) is 0 Å². The van der Waals surface area contributed by atoms with Crippen molar-refractivity contribution in [2.75, 3.05) is 14.2 Å². The molecule has 3 aromatic carbocycles. The van der Waals surface area contributed by atoms with Gasteiger partial charge in [0.05, 0.1) is 14.2 Å². The van der Waals surface area contributed by atoms with E-state index in [4.69, 9.17) is 14.2 Å². The molecular weight excluding hydrogens is 394 g/mol. The molecule has 4 aromatic rings. The van der Waals surface area contributed by atoms with Gasteiger partial charge in [0, 0.05) is 17.1 Å². The molecule has 0 spiro atoms. The van der Waals surface area contributed by atoms with Crippen LogP contribution in [0.25, 0.3) is 10.8 Å². The van der Waals surface area contributed by atoms with Crippen molar-refractivity contribution in [3.05, 3.63) is 89.7 Å². The molecule has 6 nitrogen and oxygen atoms in total. The zero-order chi connectivity index (χ0) is 21.8. The highest BCUT2D eigenvalue weighted by Crippen LogP contribution is 2.34. The molecule has 156 valence electrons. The number of aromatic nitrogens is 1. The molecule has 1 N–H and O–H groups in total. The molecule has 0 fully saturated rings. The number of carbonyl (C=O) groups is 1. The second kappa shape index (κ2) is 8.75. The lowest BCUT2D eigenvalue weighted by atomic mass is 10.0. The van der Waals surface area contributed by atoms with Gasteiger partial charge in [0.2, 0.25) is 5.78 Å². The SMILES string of the molecule is COc1ccc(COc2cc3ccnc(C(=O)c4cccc(O)c4)c3cc2OC)cc1. The molecule has 0 bridgehead atoms. The fraction of sp³-hybridized carbons (Fsp3) is 0.120. The first-order valence-electron chi connectivity index (χ1n) is 9.65. The third-order valence-electron chi connectivity index (χ3n) is 4.93. The van der Waals surface area contributed by atoms with E-state index in [9.17, 15) is 9.90 Å². The van der Waals surface area contributed by atoms with Gasteiger partial charge >= 0.3 is 0 Å². The number of ketones is 1. The number of pyridine rings is 1. The Bertz CT molecular complexity index is 1230.